The molecule has 0 bridgehead atoms. The summed E-state index contributed by atoms with van der Waals surface area (Å²) in [5, 5.41) is 9.84. The average Bonchev–Trinajstić information content (AvgIpc) is 2.00. The molecular weight excluding hydrogens is 186 g/mol. The third-order valence-corrected chi connectivity index (χ3v) is 2.69. The zero-order valence-electron chi connectivity index (χ0n) is 10.6. The van der Waals surface area contributed by atoms with E-state index >= 15 is 0 Å². The Morgan fingerprint density at radius 1 is 1.13 bits per heavy atom. The summed E-state index contributed by atoms with van der Waals surface area (Å²) in [7, 11) is 6.43. The maximum absolute atomic E-state index is 9.84. The minimum Gasteiger partial charge on any atom is -0.508 e. The number of aromatic hydroxyl groups is 1. The highest BCUT2D eigenvalue weighted by molar-refractivity contribution is 5.56. The molecule has 1 N–H and O–H groups in total. The number of phenols is 1. The van der Waals surface area contributed by atoms with E-state index in [0.29, 0.717) is 11.7 Å². The third-order valence-electron chi connectivity index (χ3n) is 2.69. The van der Waals surface area contributed by atoms with Crippen molar-refractivity contribution in [1.29, 1.82) is 0 Å². The lowest BCUT2D eigenvalue weighted by Crippen LogP contribution is -2.35. The molecule has 0 amide bonds. The molecule has 0 heterocycles. The molecule has 0 aliphatic rings. The summed E-state index contributed by atoms with van der Waals surface area (Å²) in [6.07, 6.45) is 0. The maximum Gasteiger partial charge on any atom is 0.135 e. The molecule has 1 rings (SSSR count). The first-order chi connectivity index (χ1) is 6.73. The van der Waals surface area contributed by atoms with Crippen molar-refractivity contribution in [1.82, 2.24) is 4.48 Å². The third kappa shape index (κ3) is 2.51. The second-order valence-electron chi connectivity index (χ2n) is 5.36. The highest BCUT2D eigenvalue weighted by Crippen LogP contribution is 2.33. The second-order valence-corrected chi connectivity index (χ2v) is 5.36. The molecule has 0 saturated carbocycles. The van der Waals surface area contributed by atoms with Gasteiger partial charge in [0.25, 0.3) is 0 Å². The fraction of sp³-hybridized carbons (Fsp3) is 0.538. The molecule has 15 heavy (non-hydrogen) atoms. The summed E-state index contributed by atoms with van der Waals surface area (Å²) in [6, 6.07) is 3.99. The van der Waals surface area contributed by atoms with Gasteiger partial charge < -0.3 is 5.11 Å². The number of hydrogen-bond acceptors (Lipinski definition) is 1. The van der Waals surface area contributed by atoms with E-state index in [0.717, 1.165) is 15.6 Å². The maximum atomic E-state index is 9.84. The smallest absolute Gasteiger partial charge is 0.135 e. The first kappa shape index (κ1) is 12.1. The van der Waals surface area contributed by atoms with E-state index in [1.807, 2.05) is 13.0 Å². The summed E-state index contributed by atoms with van der Waals surface area (Å²) in [5.74, 6) is 0.774. The van der Waals surface area contributed by atoms with Crippen LogP contribution in [0.1, 0.15) is 30.9 Å². The van der Waals surface area contributed by atoms with Crippen molar-refractivity contribution >= 4 is 5.69 Å². The van der Waals surface area contributed by atoms with Crippen LogP contribution in [-0.4, -0.2) is 26.2 Å². The summed E-state index contributed by atoms with van der Waals surface area (Å²) < 4.78 is 0.784. The first-order valence-electron chi connectivity index (χ1n) is 5.39. The average molecular weight is 208 g/mol. The molecule has 0 fully saturated rings. The van der Waals surface area contributed by atoms with Crippen LogP contribution in [0.3, 0.4) is 0 Å². The normalized spacial score (nSPS) is 12.2. The van der Waals surface area contributed by atoms with E-state index < -0.39 is 0 Å². The zero-order valence-corrected chi connectivity index (χ0v) is 10.6. The molecular formula is C13H22NO+. The molecule has 0 aliphatic heterocycles. The molecule has 2 heteroatoms. The van der Waals surface area contributed by atoms with Gasteiger partial charge in [-0.3, -0.25) is 4.48 Å². The summed E-state index contributed by atoms with van der Waals surface area (Å²) in [5.41, 5.74) is 3.43. The molecule has 2 nitrogen and oxygen atoms in total. The van der Waals surface area contributed by atoms with Crippen molar-refractivity contribution in [2.75, 3.05) is 21.1 Å². The molecule has 0 spiro atoms. The van der Waals surface area contributed by atoms with E-state index in [-0.39, 0.29) is 0 Å². The fourth-order valence-corrected chi connectivity index (χ4v) is 1.88. The van der Waals surface area contributed by atoms with E-state index in [1.165, 1.54) is 5.69 Å². The summed E-state index contributed by atoms with van der Waals surface area (Å²) in [4.78, 5) is 0. The molecule has 0 radical (unpaired) electrons. The fourth-order valence-electron chi connectivity index (χ4n) is 1.88. The molecule has 0 saturated heterocycles. The second kappa shape index (κ2) is 3.86. The quantitative estimate of drug-likeness (QED) is 0.741. The van der Waals surface area contributed by atoms with Crippen molar-refractivity contribution in [2.45, 2.75) is 26.7 Å². The predicted molar refractivity (Wildman–Crippen MR) is 66.5 cm³/mol. The Kier molecular flexibility index (Phi) is 3.10. The molecule has 1 aromatic carbocycles. The lowest BCUT2D eigenvalue weighted by atomic mass is 9.98. The van der Waals surface area contributed by atoms with Crippen LogP contribution in [0, 0.1) is 6.92 Å². The van der Waals surface area contributed by atoms with Gasteiger partial charge in [-0.15, -0.1) is 0 Å². The standard InChI is InChI=1S/C13H21NO/c1-9(2)11-8-12(14(4,5)6)10(3)7-13(11)15/h7-9H,1-6H3/p+1. The van der Waals surface area contributed by atoms with Crippen LogP contribution in [0.5, 0.6) is 5.75 Å². The van der Waals surface area contributed by atoms with Gasteiger partial charge in [0, 0.05) is 17.2 Å². The monoisotopic (exact) mass is 208 g/mol. The van der Waals surface area contributed by atoms with Gasteiger partial charge in [-0.25, -0.2) is 0 Å². The van der Waals surface area contributed by atoms with Crippen LogP contribution in [0.2, 0.25) is 0 Å². The highest BCUT2D eigenvalue weighted by Gasteiger charge is 2.19. The predicted octanol–water partition coefficient (Wildman–Crippen LogP) is 3.02. The number of aryl methyl sites for hydroxylation is 1. The van der Waals surface area contributed by atoms with Crippen molar-refractivity contribution in [3.63, 3.8) is 0 Å². The van der Waals surface area contributed by atoms with Crippen LogP contribution < -0.4 is 4.48 Å². The number of phenolic OH excluding ortho intramolecular Hbond substituents is 1. The Morgan fingerprint density at radius 3 is 2.07 bits per heavy atom. The SMILES string of the molecule is Cc1cc(O)c(C(C)C)cc1[N+](C)(C)C. The number of quaternary nitrogens is 1. The van der Waals surface area contributed by atoms with Gasteiger partial charge in [0.1, 0.15) is 11.4 Å². The van der Waals surface area contributed by atoms with Gasteiger partial charge in [0.05, 0.1) is 21.1 Å². The van der Waals surface area contributed by atoms with Crippen LogP contribution in [-0.2, 0) is 0 Å². The van der Waals surface area contributed by atoms with Gasteiger partial charge >= 0.3 is 0 Å². The Morgan fingerprint density at radius 2 is 1.67 bits per heavy atom. The number of hydrogen-bond donors (Lipinski definition) is 1. The molecule has 84 valence electrons. The van der Waals surface area contributed by atoms with Gasteiger partial charge in [-0.05, 0) is 18.9 Å². The minimum atomic E-state index is 0.357. The highest BCUT2D eigenvalue weighted by atomic mass is 16.3. The summed E-state index contributed by atoms with van der Waals surface area (Å²) in [6.45, 7) is 6.25. The van der Waals surface area contributed by atoms with Gasteiger partial charge in [-0.2, -0.15) is 0 Å². The Labute approximate surface area is 92.8 Å². The Hall–Kier alpha value is -1.02. The first-order valence-corrected chi connectivity index (χ1v) is 5.39. The topological polar surface area (TPSA) is 20.2 Å². The Balaban J connectivity index is 3.37. The number of benzene rings is 1. The molecule has 0 atom stereocenters. The van der Waals surface area contributed by atoms with Crippen molar-refractivity contribution < 1.29 is 5.11 Å². The number of rotatable bonds is 2. The zero-order chi connectivity index (χ0) is 11.8. The van der Waals surface area contributed by atoms with Crippen molar-refractivity contribution in [2.24, 2.45) is 0 Å². The van der Waals surface area contributed by atoms with Crippen molar-refractivity contribution in [3.8, 4) is 5.75 Å². The Bertz CT molecular complexity index is 362. The lowest BCUT2D eigenvalue weighted by molar-refractivity contribution is 0.457. The van der Waals surface area contributed by atoms with Crippen LogP contribution >= 0.6 is 0 Å². The minimum absolute atomic E-state index is 0.357. The summed E-state index contributed by atoms with van der Waals surface area (Å²) >= 11 is 0. The number of nitrogens with zero attached hydrogens (tertiary/aromatic N) is 1. The van der Waals surface area contributed by atoms with E-state index in [9.17, 15) is 5.11 Å². The van der Waals surface area contributed by atoms with E-state index in [2.05, 4.69) is 41.1 Å². The van der Waals surface area contributed by atoms with Gasteiger partial charge in [0.15, 0.2) is 0 Å². The van der Waals surface area contributed by atoms with Gasteiger partial charge in [-0.1, -0.05) is 13.8 Å². The largest absolute Gasteiger partial charge is 0.508 e. The molecule has 0 aliphatic carbocycles. The molecule has 1 aromatic rings. The van der Waals surface area contributed by atoms with Gasteiger partial charge in [0.2, 0.25) is 0 Å². The van der Waals surface area contributed by atoms with Crippen molar-refractivity contribution in [3.05, 3.63) is 23.3 Å². The van der Waals surface area contributed by atoms with E-state index in [1.54, 1.807) is 0 Å². The van der Waals surface area contributed by atoms with Crippen LogP contribution in [0.4, 0.5) is 5.69 Å². The van der Waals surface area contributed by atoms with E-state index in [4.69, 9.17) is 0 Å². The molecule has 0 aromatic heterocycles. The van der Waals surface area contributed by atoms with Crippen LogP contribution in [0.15, 0.2) is 12.1 Å². The molecule has 0 unspecified atom stereocenters. The lowest BCUT2D eigenvalue weighted by Gasteiger charge is -2.26. The van der Waals surface area contributed by atoms with Crippen LogP contribution in [0.25, 0.3) is 0 Å².